The number of phenolic OH excluding ortho intramolecular Hbond substituents is 1. The number of carbonyl (C=O) groups excluding carboxylic acids is 1. The van der Waals surface area contributed by atoms with Crippen molar-refractivity contribution in [3.63, 3.8) is 0 Å². The fourth-order valence-corrected chi connectivity index (χ4v) is 2.78. The topological polar surface area (TPSA) is 96.9 Å². The van der Waals surface area contributed by atoms with Gasteiger partial charge in [-0.1, -0.05) is 0 Å². The van der Waals surface area contributed by atoms with Crippen molar-refractivity contribution in [2.24, 2.45) is 10.7 Å². The summed E-state index contributed by atoms with van der Waals surface area (Å²) < 4.78 is 6.09. The van der Waals surface area contributed by atoms with Gasteiger partial charge in [-0.05, 0) is 50.8 Å². The molecule has 1 aromatic carbocycles. The van der Waals surface area contributed by atoms with E-state index in [4.69, 9.17) is 10.5 Å². The Labute approximate surface area is 130 Å². The summed E-state index contributed by atoms with van der Waals surface area (Å²) in [4.78, 5) is 15.3. The van der Waals surface area contributed by atoms with E-state index in [0.717, 1.165) is 34.4 Å². The number of fused-ring (bicyclic) bond motifs is 1. The van der Waals surface area contributed by atoms with Gasteiger partial charge in [-0.2, -0.15) is 0 Å². The Morgan fingerprint density at radius 2 is 1.95 bits per heavy atom. The standard InChI is InChI=1S/C16H23N3O3/c1-8-9(2)14-12(10(3)13(8)21)6-7-16(5,22-14)19-15(17)18-11(4)20/h21H,6-7H2,1-5H3,(H3,17,18,19,20). The average molecular weight is 305 g/mol. The summed E-state index contributed by atoms with van der Waals surface area (Å²) in [6.07, 6.45) is 1.34. The molecule has 0 radical (unpaired) electrons. The van der Waals surface area contributed by atoms with Crippen molar-refractivity contribution < 1.29 is 14.6 Å². The predicted molar refractivity (Wildman–Crippen MR) is 85.1 cm³/mol. The number of phenols is 1. The highest BCUT2D eigenvalue weighted by Gasteiger charge is 2.34. The van der Waals surface area contributed by atoms with Crippen LogP contribution in [0.3, 0.4) is 0 Å². The van der Waals surface area contributed by atoms with Crippen LogP contribution >= 0.6 is 0 Å². The largest absolute Gasteiger partial charge is 0.507 e. The van der Waals surface area contributed by atoms with Gasteiger partial charge in [-0.3, -0.25) is 10.1 Å². The lowest BCUT2D eigenvalue weighted by atomic mass is 9.90. The highest BCUT2D eigenvalue weighted by Crippen LogP contribution is 2.43. The van der Waals surface area contributed by atoms with Crippen LogP contribution in [0.5, 0.6) is 11.5 Å². The Morgan fingerprint density at radius 3 is 2.55 bits per heavy atom. The van der Waals surface area contributed by atoms with Crippen LogP contribution in [0.15, 0.2) is 4.99 Å². The van der Waals surface area contributed by atoms with Gasteiger partial charge in [-0.15, -0.1) is 0 Å². The summed E-state index contributed by atoms with van der Waals surface area (Å²) in [6.45, 7) is 8.88. The number of nitrogens with zero attached hydrogens (tertiary/aromatic N) is 1. The number of nitrogens with one attached hydrogen (secondary N) is 1. The number of carbonyl (C=O) groups is 1. The fourth-order valence-electron chi connectivity index (χ4n) is 2.78. The molecule has 2 rings (SSSR count). The Bertz CT molecular complexity index is 667. The van der Waals surface area contributed by atoms with E-state index < -0.39 is 5.72 Å². The third-order valence-electron chi connectivity index (χ3n) is 4.16. The van der Waals surface area contributed by atoms with Crippen LogP contribution in [0.25, 0.3) is 0 Å². The van der Waals surface area contributed by atoms with Gasteiger partial charge in [0.05, 0.1) is 0 Å². The van der Waals surface area contributed by atoms with Crippen molar-refractivity contribution in [3.05, 3.63) is 22.3 Å². The molecule has 1 unspecified atom stereocenters. The van der Waals surface area contributed by atoms with Crippen LogP contribution in [0, 0.1) is 20.8 Å². The quantitative estimate of drug-likeness (QED) is 0.544. The number of aromatic hydroxyl groups is 1. The lowest BCUT2D eigenvalue weighted by molar-refractivity contribution is -0.117. The highest BCUT2D eigenvalue weighted by atomic mass is 16.5. The molecule has 0 bridgehead atoms. The van der Waals surface area contributed by atoms with Crippen LogP contribution in [-0.4, -0.2) is 22.7 Å². The van der Waals surface area contributed by atoms with Crippen LogP contribution in [0.1, 0.15) is 42.5 Å². The van der Waals surface area contributed by atoms with Gasteiger partial charge in [0, 0.05) is 18.9 Å². The van der Waals surface area contributed by atoms with Crippen molar-refractivity contribution in [3.8, 4) is 11.5 Å². The van der Waals surface area contributed by atoms with Crippen LogP contribution < -0.4 is 15.8 Å². The summed E-state index contributed by atoms with van der Waals surface area (Å²) in [5, 5.41) is 12.6. The first kappa shape index (κ1) is 16.1. The number of guanidine groups is 1. The molecule has 1 amide bonds. The van der Waals surface area contributed by atoms with Gasteiger partial charge >= 0.3 is 0 Å². The number of benzene rings is 1. The molecule has 0 spiro atoms. The Hall–Kier alpha value is -2.24. The third-order valence-corrected chi connectivity index (χ3v) is 4.16. The van der Waals surface area contributed by atoms with Gasteiger partial charge in [0.1, 0.15) is 11.5 Å². The zero-order valence-corrected chi connectivity index (χ0v) is 13.7. The molecular formula is C16H23N3O3. The molecule has 0 aromatic heterocycles. The maximum absolute atomic E-state index is 11.0. The molecule has 0 aliphatic carbocycles. The van der Waals surface area contributed by atoms with E-state index in [2.05, 4.69) is 10.3 Å². The lowest BCUT2D eigenvalue weighted by Gasteiger charge is -2.35. The molecule has 22 heavy (non-hydrogen) atoms. The van der Waals surface area contributed by atoms with Gasteiger partial charge in [0.2, 0.25) is 11.6 Å². The van der Waals surface area contributed by atoms with Crippen LogP contribution in [0.4, 0.5) is 0 Å². The second-order valence-corrected chi connectivity index (χ2v) is 5.99. The number of ether oxygens (including phenoxy) is 1. The minimum atomic E-state index is -0.833. The molecule has 6 nitrogen and oxygen atoms in total. The van der Waals surface area contributed by atoms with E-state index in [1.807, 2.05) is 27.7 Å². The summed E-state index contributed by atoms with van der Waals surface area (Å²) in [5.74, 6) is 0.850. The lowest BCUT2D eigenvalue weighted by Crippen LogP contribution is -2.42. The van der Waals surface area contributed by atoms with E-state index in [1.54, 1.807) is 0 Å². The predicted octanol–water partition coefficient (Wildman–Crippen LogP) is 1.81. The number of hydrogen-bond acceptors (Lipinski definition) is 4. The average Bonchev–Trinajstić information content (AvgIpc) is 2.41. The second-order valence-electron chi connectivity index (χ2n) is 5.99. The molecule has 1 heterocycles. The highest BCUT2D eigenvalue weighted by molar-refractivity contribution is 5.95. The molecule has 0 saturated carbocycles. The second kappa shape index (κ2) is 5.51. The van der Waals surface area contributed by atoms with Crippen molar-refractivity contribution in [2.45, 2.75) is 53.2 Å². The molecule has 1 atom stereocenters. The van der Waals surface area contributed by atoms with E-state index >= 15 is 0 Å². The normalized spacial score (nSPS) is 21.0. The molecule has 4 N–H and O–H groups in total. The van der Waals surface area contributed by atoms with Gasteiger partial charge in [0.25, 0.3) is 0 Å². The summed E-state index contributed by atoms with van der Waals surface area (Å²) >= 11 is 0. The van der Waals surface area contributed by atoms with Crippen molar-refractivity contribution in [1.29, 1.82) is 0 Å². The van der Waals surface area contributed by atoms with Crippen LogP contribution in [0.2, 0.25) is 0 Å². The molecule has 0 saturated heterocycles. The number of nitrogens with two attached hydrogens (primary N) is 1. The Kier molecular flexibility index (Phi) is 4.04. The molecule has 120 valence electrons. The summed E-state index contributed by atoms with van der Waals surface area (Å²) in [6, 6.07) is 0. The Balaban J connectivity index is 2.41. The number of amides is 1. The molecule has 1 aromatic rings. The van der Waals surface area contributed by atoms with Crippen molar-refractivity contribution in [2.75, 3.05) is 0 Å². The van der Waals surface area contributed by atoms with E-state index in [9.17, 15) is 9.90 Å². The first-order valence-corrected chi connectivity index (χ1v) is 7.28. The molecule has 1 aliphatic rings. The van der Waals surface area contributed by atoms with E-state index in [0.29, 0.717) is 12.2 Å². The molecule has 0 fully saturated rings. The number of aliphatic imine (C=N–C) groups is 1. The summed E-state index contributed by atoms with van der Waals surface area (Å²) in [7, 11) is 0. The zero-order valence-electron chi connectivity index (χ0n) is 13.7. The van der Waals surface area contributed by atoms with Crippen molar-refractivity contribution >= 4 is 11.9 Å². The van der Waals surface area contributed by atoms with Gasteiger partial charge < -0.3 is 15.6 Å². The monoisotopic (exact) mass is 305 g/mol. The third kappa shape index (κ3) is 2.86. The van der Waals surface area contributed by atoms with E-state index in [-0.39, 0.29) is 11.9 Å². The number of hydrogen-bond donors (Lipinski definition) is 3. The minimum Gasteiger partial charge on any atom is -0.507 e. The Morgan fingerprint density at radius 1 is 1.32 bits per heavy atom. The van der Waals surface area contributed by atoms with Gasteiger partial charge in [-0.25, -0.2) is 4.99 Å². The van der Waals surface area contributed by atoms with Gasteiger partial charge in [0.15, 0.2) is 5.96 Å². The van der Waals surface area contributed by atoms with Crippen LogP contribution in [-0.2, 0) is 11.2 Å². The molecule has 6 heteroatoms. The molecular weight excluding hydrogens is 282 g/mol. The summed E-state index contributed by atoms with van der Waals surface area (Å²) in [5.41, 5.74) is 8.45. The first-order valence-electron chi connectivity index (χ1n) is 7.28. The first-order chi connectivity index (χ1) is 10.1. The van der Waals surface area contributed by atoms with Crippen molar-refractivity contribution in [1.82, 2.24) is 5.32 Å². The maximum atomic E-state index is 11.0. The maximum Gasteiger partial charge on any atom is 0.223 e. The minimum absolute atomic E-state index is 0.0447. The van der Waals surface area contributed by atoms with E-state index in [1.165, 1.54) is 6.92 Å². The molecule has 1 aliphatic heterocycles. The zero-order chi connectivity index (χ0) is 16.7. The number of rotatable bonds is 1. The fraction of sp³-hybridized carbons (Fsp3) is 0.500. The SMILES string of the molecule is CC(=O)NC(N)=NC1(C)CCc2c(C)c(O)c(C)c(C)c2O1. The smallest absolute Gasteiger partial charge is 0.223 e.